The Morgan fingerprint density at radius 1 is 1.30 bits per heavy atom. The molecule has 0 saturated carbocycles. The van der Waals surface area contributed by atoms with E-state index in [1.807, 2.05) is 18.2 Å². The van der Waals surface area contributed by atoms with Crippen molar-refractivity contribution >= 4 is 17.9 Å². The summed E-state index contributed by atoms with van der Waals surface area (Å²) in [6, 6.07) is 10.9. The van der Waals surface area contributed by atoms with Gasteiger partial charge in [0.1, 0.15) is 18.1 Å². The van der Waals surface area contributed by atoms with Gasteiger partial charge in [-0.15, -0.1) is 0 Å². The Hall–Kier alpha value is -2.00. The fraction of sp³-hybridized carbons (Fsp3) is 0.188. The summed E-state index contributed by atoms with van der Waals surface area (Å²) >= 11 is 6.10. The highest BCUT2D eigenvalue weighted by molar-refractivity contribution is 6.30. The second-order valence-electron chi connectivity index (χ2n) is 4.60. The van der Waals surface area contributed by atoms with E-state index in [0.717, 1.165) is 29.6 Å². The van der Waals surface area contributed by atoms with E-state index in [2.05, 4.69) is 0 Å². The average Bonchev–Trinajstić information content (AvgIpc) is 2.93. The van der Waals surface area contributed by atoms with E-state index in [9.17, 15) is 4.79 Å². The predicted octanol–water partition coefficient (Wildman–Crippen LogP) is 3.67. The van der Waals surface area contributed by atoms with Crippen molar-refractivity contribution in [1.82, 2.24) is 0 Å². The number of hydrogen-bond acceptors (Lipinski definition) is 3. The number of hydrogen-bond donors (Lipinski definition) is 0. The molecule has 2 aromatic carbocycles. The van der Waals surface area contributed by atoms with Gasteiger partial charge < -0.3 is 9.47 Å². The van der Waals surface area contributed by atoms with Crippen LogP contribution in [-0.2, 0) is 13.0 Å². The summed E-state index contributed by atoms with van der Waals surface area (Å²) in [5.41, 5.74) is 2.55. The van der Waals surface area contributed by atoms with Gasteiger partial charge in [-0.1, -0.05) is 23.7 Å². The van der Waals surface area contributed by atoms with Gasteiger partial charge in [0, 0.05) is 17.0 Å². The van der Waals surface area contributed by atoms with Crippen LogP contribution in [0.4, 0.5) is 0 Å². The zero-order valence-electron chi connectivity index (χ0n) is 10.8. The van der Waals surface area contributed by atoms with Gasteiger partial charge in [-0.3, -0.25) is 4.79 Å². The summed E-state index contributed by atoms with van der Waals surface area (Å²) in [6.45, 7) is 1.00. The summed E-state index contributed by atoms with van der Waals surface area (Å²) in [5.74, 6) is 1.42. The maximum Gasteiger partial charge on any atom is 0.153 e. The van der Waals surface area contributed by atoms with Gasteiger partial charge in [-0.05, 0) is 29.8 Å². The van der Waals surface area contributed by atoms with Crippen molar-refractivity contribution in [3.05, 3.63) is 58.1 Å². The van der Waals surface area contributed by atoms with Crippen LogP contribution in [0.1, 0.15) is 21.5 Å². The van der Waals surface area contributed by atoms with Crippen LogP contribution in [0.5, 0.6) is 11.5 Å². The third-order valence-corrected chi connectivity index (χ3v) is 3.47. The molecule has 1 heterocycles. The minimum Gasteiger partial charge on any atom is -0.493 e. The van der Waals surface area contributed by atoms with Crippen LogP contribution in [0.25, 0.3) is 0 Å². The van der Waals surface area contributed by atoms with Crippen molar-refractivity contribution in [2.24, 2.45) is 0 Å². The van der Waals surface area contributed by atoms with Crippen LogP contribution in [0.3, 0.4) is 0 Å². The molecular weight excluding hydrogens is 276 g/mol. The number of carbonyl (C=O) groups is 1. The fourth-order valence-corrected chi connectivity index (χ4v) is 2.58. The third kappa shape index (κ3) is 2.49. The monoisotopic (exact) mass is 288 g/mol. The molecule has 3 nitrogen and oxygen atoms in total. The molecule has 1 aliphatic rings. The fourth-order valence-electron chi connectivity index (χ4n) is 2.32. The molecule has 1 aliphatic heterocycles. The Labute approximate surface area is 122 Å². The number of rotatable bonds is 4. The zero-order chi connectivity index (χ0) is 13.9. The molecule has 0 aromatic heterocycles. The Kier molecular flexibility index (Phi) is 3.61. The van der Waals surface area contributed by atoms with Gasteiger partial charge in [-0.2, -0.15) is 0 Å². The van der Waals surface area contributed by atoms with Crippen LogP contribution >= 0.6 is 11.6 Å². The van der Waals surface area contributed by atoms with Crippen molar-refractivity contribution in [3.63, 3.8) is 0 Å². The van der Waals surface area contributed by atoms with Gasteiger partial charge in [0.15, 0.2) is 6.29 Å². The van der Waals surface area contributed by atoms with Crippen molar-refractivity contribution in [1.29, 1.82) is 0 Å². The highest BCUT2D eigenvalue weighted by Crippen LogP contribution is 2.33. The Balaban J connectivity index is 1.84. The van der Waals surface area contributed by atoms with E-state index >= 15 is 0 Å². The number of carbonyl (C=O) groups excluding carboxylic acids is 1. The smallest absolute Gasteiger partial charge is 0.153 e. The summed E-state index contributed by atoms with van der Waals surface area (Å²) < 4.78 is 11.3. The van der Waals surface area contributed by atoms with Crippen molar-refractivity contribution in [2.75, 3.05) is 6.61 Å². The Morgan fingerprint density at radius 2 is 2.15 bits per heavy atom. The molecule has 0 spiro atoms. The number of para-hydroxylation sites is 1. The molecule has 3 rings (SSSR count). The number of aldehydes is 1. The lowest BCUT2D eigenvalue weighted by Gasteiger charge is -2.11. The maximum absolute atomic E-state index is 11.0. The molecule has 0 radical (unpaired) electrons. The van der Waals surface area contributed by atoms with Crippen molar-refractivity contribution < 1.29 is 14.3 Å². The summed E-state index contributed by atoms with van der Waals surface area (Å²) in [6.07, 6.45) is 1.65. The van der Waals surface area contributed by atoms with Gasteiger partial charge >= 0.3 is 0 Å². The van der Waals surface area contributed by atoms with Crippen LogP contribution < -0.4 is 9.47 Å². The van der Waals surface area contributed by atoms with Gasteiger partial charge in [-0.25, -0.2) is 0 Å². The van der Waals surface area contributed by atoms with Gasteiger partial charge in [0.2, 0.25) is 0 Å². The molecule has 0 unspecified atom stereocenters. The second-order valence-corrected chi connectivity index (χ2v) is 5.03. The van der Waals surface area contributed by atoms with E-state index in [1.54, 1.807) is 18.2 Å². The second kappa shape index (κ2) is 5.55. The largest absolute Gasteiger partial charge is 0.493 e. The van der Waals surface area contributed by atoms with Crippen molar-refractivity contribution in [3.8, 4) is 11.5 Å². The lowest BCUT2D eigenvalue weighted by molar-refractivity contribution is 0.111. The van der Waals surface area contributed by atoms with E-state index < -0.39 is 0 Å². The minimum atomic E-state index is 0.327. The average molecular weight is 289 g/mol. The number of benzene rings is 2. The summed E-state index contributed by atoms with van der Waals surface area (Å²) in [4.78, 5) is 11.0. The maximum atomic E-state index is 11.0. The third-order valence-electron chi connectivity index (χ3n) is 3.25. The Morgan fingerprint density at radius 3 is 3.00 bits per heavy atom. The predicted molar refractivity (Wildman–Crippen MR) is 76.8 cm³/mol. The first kappa shape index (κ1) is 13.0. The van der Waals surface area contributed by atoms with E-state index in [1.165, 1.54) is 0 Å². The number of ether oxygens (including phenoxy) is 2. The highest BCUT2D eigenvalue weighted by atomic mass is 35.5. The molecular formula is C16H13ClO3. The highest BCUT2D eigenvalue weighted by Gasteiger charge is 2.18. The molecule has 0 bridgehead atoms. The number of fused-ring (bicyclic) bond motifs is 1. The summed E-state index contributed by atoms with van der Waals surface area (Å²) in [7, 11) is 0. The molecule has 20 heavy (non-hydrogen) atoms. The molecule has 0 fully saturated rings. The molecule has 0 aliphatic carbocycles. The molecule has 4 heteroatoms. The lowest BCUT2D eigenvalue weighted by Crippen LogP contribution is -2.00. The first-order chi connectivity index (χ1) is 9.78. The van der Waals surface area contributed by atoms with Crippen LogP contribution in [-0.4, -0.2) is 12.9 Å². The standard InChI is InChI=1S/C16H13ClO3/c17-14-7-11-5-6-19-16(11)13(8-14)10-20-15-4-2-1-3-12(15)9-18/h1-4,7-9H,5-6,10H2. The minimum absolute atomic E-state index is 0.327. The van der Waals surface area contributed by atoms with Crippen LogP contribution in [0, 0.1) is 0 Å². The first-order valence-electron chi connectivity index (χ1n) is 6.39. The normalized spacial score (nSPS) is 12.7. The molecule has 0 saturated heterocycles. The van der Waals surface area contributed by atoms with Crippen LogP contribution in [0.2, 0.25) is 5.02 Å². The topological polar surface area (TPSA) is 35.5 Å². The molecule has 0 atom stereocenters. The van der Waals surface area contributed by atoms with E-state index in [4.69, 9.17) is 21.1 Å². The molecule has 2 aromatic rings. The van der Waals surface area contributed by atoms with Crippen LogP contribution in [0.15, 0.2) is 36.4 Å². The van der Waals surface area contributed by atoms with Gasteiger partial charge in [0.25, 0.3) is 0 Å². The van der Waals surface area contributed by atoms with Gasteiger partial charge in [0.05, 0.1) is 12.2 Å². The molecule has 0 N–H and O–H groups in total. The molecule has 0 amide bonds. The van der Waals surface area contributed by atoms with E-state index in [0.29, 0.717) is 29.5 Å². The first-order valence-corrected chi connectivity index (χ1v) is 6.77. The molecule has 102 valence electrons. The SMILES string of the molecule is O=Cc1ccccc1OCc1cc(Cl)cc2c1OCC2. The zero-order valence-corrected chi connectivity index (χ0v) is 11.5. The Bertz CT molecular complexity index is 652. The van der Waals surface area contributed by atoms with Crippen molar-refractivity contribution in [2.45, 2.75) is 13.0 Å². The quantitative estimate of drug-likeness (QED) is 0.805. The summed E-state index contributed by atoms with van der Waals surface area (Å²) in [5, 5.41) is 0.677. The number of halogens is 1. The van der Waals surface area contributed by atoms with E-state index in [-0.39, 0.29) is 0 Å². The lowest BCUT2D eigenvalue weighted by atomic mass is 10.1.